The maximum Gasteiger partial charge on any atom is 0.129 e. The van der Waals surface area contributed by atoms with Gasteiger partial charge in [0.05, 0.1) is 5.69 Å². The SMILES string of the molecule is CC1(C)CCCN(Cc2cccc(Cl)n2)C1. The van der Waals surface area contributed by atoms with E-state index in [1.54, 1.807) is 0 Å². The number of hydrogen-bond donors (Lipinski definition) is 0. The lowest BCUT2D eigenvalue weighted by atomic mass is 9.84. The van der Waals surface area contributed by atoms with Crippen molar-refractivity contribution in [1.29, 1.82) is 0 Å². The number of hydrogen-bond acceptors (Lipinski definition) is 2. The maximum atomic E-state index is 5.89. The van der Waals surface area contributed by atoms with E-state index in [4.69, 9.17) is 11.6 Å². The topological polar surface area (TPSA) is 16.1 Å². The molecular weight excluding hydrogens is 220 g/mol. The van der Waals surface area contributed by atoms with Crippen molar-refractivity contribution >= 4 is 11.6 Å². The summed E-state index contributed by atoms with van der Waals surface area (Å²) in [6.07, 6.45) is 2.61. The predicted molar refractivity (Wildman–Crippen MR) is 67.5 cm³/mol. The molecule has 1 aliphatic rings. The van der Waals surface area contributed by atoms with E-state index in [0.29, 0.717) is 10.6 Å². The molecule has 2 heterocycles. The summed E-state index contributed by atoms with van der Waals surface area (Å²) in [5, 5.41) is 0.591. The van der Waals surface area contributed by atoms with Crippen LogP contribution in [0, 0.1) is 5.41 Å². The maximum absolute atomic E-state index is 5.89. The summed E-state index contributed by atoms with van der Waals surface area (Å²) in [5.41, 5.74) is 1.52. The first-order chi connectivity index (χ1) is 7.55. The Morgan fingerprint density at radius 1 is 1.44 bits per heavy atom. The van der Waals surface area contributed by atoms with Crippen LogP contribution in [0.3, 0.4) is 0 Å². The molecule has 3 heteroatoms. The van der Waals surface area contributed by atoms with Crippen molar-refractivity contribution in [2.45, 2.75) is 33.2 Å². The van der Waals surface area contributed by atoms with Gasteiger partial charge in [0.1, 0.15) is 5.15 Å². The Bertz CT molecular complexity index is 363. The Balaban J connectivity index is 1.99. The highest BCUT2D eigenvalue weighted by atomic mass is 35.5. The molecule has 1 fully saturated rings. The van der Waals surface area contributed by atoms with Gasteiger partial charge in [-0.05, 0) is 36.9 Å². The zero-order valence-corrected chi connectivity index (χ0v) is 10.8. The van der Waals surface area contributed by atoms with Crippen LogP contribution in [-0.2, 0) is 6.54 Å². The zero-order chi connectivity index (χ0) is 11.6. The van der Waals surface area contributed by atoms with E-state index in [0.717, 1.165) is 18.8 Å². The summed E-state index contributed by atoms with van der Waals surface area (Å²) >= 11 is 5.89. The van der Waals surface area contributed by atoms with Crippen molar-refractivity contribution in [2.75, 3.05) is 13.1 Å². The molecule has 0 spiro atoms. The van der Waals surface area contributed by atoms with E-state index in [1.807, 2.05) is 18.2 Å². The first-order valence-corrected chi connectivity index (χ1v) is 6.27. The van der Waals surface area contributed by atoms with E-state index in [9.17, 15) is 0 Å². The molecule has 0 radical (unpaired) electrons. The minimum absolute atomic E-state index is 0.441. The monoisotopic (exact) mass is 238 g/mol. The van der Waals surface area contributed by atoms with Crippen LogP contribution in [0.2, 0.25) is 5.15 Å². The van der Waals surface area contributed by atoms with Crippen molar-refractivity contribution in [3.05, 3.63) is 29.0 Å². The van der Waals surface area contributed by atoms with E-state index in [-0.39, 0.29) is 0 Å². The van der Waals surface area contributed by atoms with Gasteiger partial charge in [-0.25, -0.2) is 4.98 Å². The van der Waals surface area contributed by atoms with Gasteiger partial charge in [-0.1, -0.05) is 31.5 Å². The first kappa shape index (κ1) is 11.9. The summed E-state index contributed by atoms with van der Waals surface area (Å²) in [6.45, 7) is 7.93. The van der Waals surface area contributed by atoms with Crippen LogP contribution >= 0.6 is 11.6 Å². The highest BCUT2D eigenvalue weighted by molar-refractivity contribution is 6.29. The van der Waals surface area contributed by atoms with Crippen LogP contribution in [0.15, 0.2) is 18.2 Å². The van der Waals surface area contributed by atoms with E-state index >= 15 is 0 Å². The molecule has 0 unspecified atom stereocenters. The minimum atomic E-state index is 0.441. The van der Waals surface area contributed by atoms with Crippen molar-refractivity contribution in [3.63, 3.8) is 0 Å². The fraction of sp³-hybridized carbons (Fsp3) is 0.615. The van der Waals surface area contributed by atoms with Crippen LogP contribution in [0.5, 0.6) is 0 Å². The standard InChI is InChI=1S/C13H19ClN2/c1-13(2)7-4-8-16(10-13)9-11-5-3-6-12(14)15-11/h3,5-6H,4,7-10H2,1-2H3. The lowest BCUT2D eigenvalue weighted by Crippen LogP contribution is -2.39. The van der Waals surface area contributed by atoms with Crippen molar-refractivity contribution in [1.82, 2.24) is 9.88 Å². The molecule has 0 atom stereocenters. The largest absolute Gasteiger partial charge is 0.297 e. The average molecular weight is 239 g/mol. The van der Waals surface area contributed by atoms with Crippen LogP contribution in [0.25, 0.3) is 0 Å². The Labute approximate surface area is 103 Å². The highest BCUT2D eigenvalue weighted by Gasteiger charge is 2.26. The molecule has 1 saturated heterocycles. The molecule has 0 aromatic carbocycles. The molecule has 88 valence electrons. The number of aromatic nitrogens is 1. The van der Waals surface area contributed by atoms with Crippen LogP contribution < -0.4 is 0 Å². The summed E-state index contributed by atoms with van der Waals surface area (Å²) in [6, 6.07) is 5.85. The highest BCUT2D eigenvalue weighted by Crippen LogP contribution is 2.29. The molecule has 0 amide bonds. The third-order valence-electron chi connectivity index (χ3n) is 3.14. The number of pyridine rings is 1. The van der Waals surface area contributed by atoms with Gasteiger partial charge in [0, 0.05) is 13.1 Å². The van der Waals surface area contributed by atoms with Gasteiger partial charge in [0.15, 0.2) is 0 Å². The third-order valence-corrected chi connectivity index (χ3v) is 3.35. The third kappa shape index (κ3) is 3.19. The van der Waals surface area contributed by atoms with Crippen molar-refractivity contribution in [3.8, 4) is 0 Å². The fourth-order valence-electron chi connectivity index (χ4n) is 2.45. The summed E-state index contributed by atoms with van der Waals surface area (Å²) < 4.78 is 0. The molecule has 1 aromatic heterocycles. The molecule has 2 rings (SSSR count). The predicted octanol–water partition coefficient (Wildman–Crippen LogP) is 3.36. The molecular formula is C13H19ClN2. The Morgan fingerprint density at radius 2 is 2.25 bits per heavy atom. The number of likely N-dealkylation sites (tertiary alicyclic amines) is 1. The zero-order valence-electron chi connectivity index (χ0n) is 10.0. The Morgan fingerprint density at radius 3 is 2.94 bits per heavy atom. The molecule has 0 saturated carbocycles. The Hall–Kier alpha value is -0.600. The smallest absolute Gasteiger partial charge is 0.129 e. The average Bonchev–Trinajstić information content (AvgIpc) is 2.15. The normalized spacial score (nSPS) is 20.9. The van der Waals surface area contributed by atoms with Gasteiger partial charge in [0.2, 0.25) is 0 Å². The summed E-state index contributed by atoms with van der Waals surface area (Å²) in [5.74, 6) is 0. The van der Waals surface area contributed by atoms with Gasteiger partial charge in [-0.15, -0.1) is 0 Å². The van der Waals surface area contributed by atoms with E-state index < -0.39 is 0 Å². The molecule has 1 aliphatic heterocycles. The number of rotatable bonds is 2. The quantitative estimate of drug-likeness (QED) is 0.735. The fourth-order valence-corrected chi connectivity index (χ4v) is 2.63. The van der Waals surface area contributed by atoms with Crippen molar-refractivity contribution in [2.24, 2.45) is 5.41 Å². The number of nitrogens with zero attached hydrogens (tertiary/aromatic N) is 2. The lowest BCUT2D eigenvalue weighted by Gasteiger charge is -2.37. The van der Waals surface area contributed by atoms with Gasteiger partial charge in [-0.3, -0.25) is 4.90 Å². The first-order valence-electron chi connectivity index (χ1n) is 5.89. The van der Waals surface area contributed by atoms with Gasteiger partial charge in [-0.2, -0.15) is 0 Å². The molecule has 0 bridgehead atoms. The van der Waals surface area contributed by atoms with Crippen LogP contribution in [0.4, 0.5) is 0 Å². The van der Waals surface area contributed by atoms with E-state index in [2.05, 4.69) is 23.7 Å². The minimum Gasteiger partial charge on any atom is -0.297 e. The molecule has 0 aliphatic carbocycles. The molecule has 16 heavy (non-hydrogen) atoms. The summed E-state index contributed by atoms with van der Waals surface area (Å²) in [4.78, 5) is 6.81. The molecule has 0 N–H and O–H groups in total. The second-order valence-electron chi connectivity index (χ2n) is 5.43. The van der Waals surface area contributed by atoms with E-state index in [1.165, 1.54) is 19.4 Å². The molecule has 1 aromatic rings. The van der Waals surface area contributed by atoms with Gasteiger partial charge >= 0.3 is 0 Å². The second-order valence-corrected chi connectivity index (χ2v) is 5.82. The second kappa shape index (κ2) is 4.72. The van der Waals surface area contributed by atoms with Crippen LogP contribution in [-0.4, -0.2) is 23.0 Å². The number of halogens is 1. The number of piperidine rings is 1. The Kier molecular flexibility index (Phi) is 3.50. The molecule has 2 nitrogen and oxygen atoms in total. The van der Waals surface area contributed by atoms with Gasteiger partial charge in [0.25, 0.3) is 0 Å². The van der Waals surface area contributed by atoms with Gasteiger partial charge < -0.3 is 0 Å². The summed E-state index contributed by atoms with van der Waals surface area (Å²) in [7, 11) is 0. The van der Waals surface area contributed by atoms with Crippen molar-refractivity contribution < 1.29 is 0 Å². The van der Waals surface area contributed by atoms with Crippen LogP contribution in [0.1, 0.15) is 32.4 Å². The lowest BCUT2D eigenvalue weighted by molar-refractivity contribution is 0.110.